The van der Waals surface area contributed by atoms with Crippen molar-refractivity contribution in [3.63, 3.8) is 0 Å². The molecule has 0 radical (unpaired) electrons. The zero-order valence-electron chi connectivity index (χ0n) is 16.0. The third kappa shape index (κ3) is 2.83. The lowest BCUT2D eigenvalue weighted by Crippen LogP contribution is -2.65. The van der Waals surface area contributed by atoms with Crippen molar-refractivity contribution in [2.24, 2.45) is 0 Å². The zero-order chi connectivity index (χ0) is 20.1. The van der Waals surface area contributed by atoms with Crippen molar-refractivity contribution in [1.29, 1.82) is 0 Å². The summed E-state index contributed by atoms with van der Waals surface area (Å²) < 4.78 is 23.5. The number of nitrogens with zero attached hydrogens (tertiary/aromatic N) is 1. The second kappa shape index (κ2) is 6.77. The maximum Gasteiger partial charge on any atom is 0.325 e. The summed E-state index contributed by atoms with van der Waals surface area (Å²) in [5.41, 5.74) is 0.653. The number of benzene rings is 2. The van der Waals surface area contributed by atoms with E-state index in [1.165, 1.54) is 0 Å². The van der Waals surface area contributed by atoms with Gasteiger partial charge >= 0.3 is 6.03 Å². The number of hydrogen-bond donors (Lipinski definition) is 1. The van der Waals surface area contributed by atoms with Gasteiger partial charge in [-0.05, 0) is 31.2 Å². The van der Waals surface area contributed by atoms with Gasteiger partial charge in [0.2, 0.25) is 0 Å². The Bertz CT molecular complexity index is 950. The van der Waals surface area contributed by atoms with E-state index < -0.39 is 5.72 Å². The van der Waals surface area contributed by atoms with Crippen LogP contribution in [0.4, 0.5) is 10.5 Å². The number of anilines is 1. The van der Waals surface area contributed by atoms with Crippen molar-refractivity contribution in [2.45, 2.75) is 25.1 Å². The highest BCUT2D eigenvalue weighted by atomic mass is 79.9. The molecular weight excluding hydrogens is 428 g/mol. The number of amides is 2. The van der Waals surface area contributed by atoms with E-state index in [0.717, 1.165) is 10.0 Å². The van der Waals surface area contributed by atoms with Gasteiger partial charge in [-0.25, -0.2) is 4.79 Å². The van der Waals surface area contributed by atoms with Crippen LogP contribution in [-0.2, 0) is 0 Å². The lowest BCUT2D eigenvalue weighted by molar-refractivity contribution is 0.0349. The summed E-state index contributed by atoms with van der Waals surface area (Å²) in [7, 11) is 4.73. The average molecular weight is 449 g/mol. The van der Waals surface area contributed by atoms with Gasteiger partial charge in [-0.3, -0.25) is 4.90 Å². The fraction of sp³-hybridized carbons (Fsp3) is 0.350. The van der Waals surface area contributed by atoms with Gasteiger partial charge in [0.15, 0.2) is 28.7 Å². The number of carbonyl (C=O) groups excluding carboxylic acids is 1. The summed E-state index contributed by atoms with van der Waals surface area (Å²) >= 11 is 3.49. The number of rotatable bonds is 4. The van der Waals surface area contributed by atoms with Crippen LogP contribution in [0.3, 0.4) is 0 Å². The normalized spacial score (nSPS) is 22.7. The van der Waals surface area contributed by atoms with Crippen LogP contribution in [0, 0.1) is 0 Å². The standard InChI is InChI=1S/C20H21BrN2O5/c1-20-10-14(13-7-11(21)8-17(27-4)18(13)28-20)22-19(24)23(20)12-5-6-15(25-2)16(9-12)26-3/h5-9,14H,10H2,1-4H3,(H,22,24). The van der Waals surface area contributed by atoms with Crippen LogP contribution in [0.25, 0.3) is 0 Å². The molecule has 7 nitrogen and oxygen atoms in total. The van der Waals surface area contributed by atoms with E-state index >= 15 is 0 Å². The summed E-state index contributed by atoms with van der Waals surface area (Å²) in [6.45, 7) is 1.90. The molecule has 2 atom stereocenters. The van der Waals surface area contributed by atoms with Gasteiger partial charge in [0.25, 0.3) is 0 Å². The molecule has 2 aliphatic rings. The molecule has 1 N–H and O–H groups in total. The predicted molar refractivity (Wildman–Crippen MR) is 108 cm³/mol. The maximum atomic E-state index is 13.0. The van der Waals surface area contributed by atoms with Crippen molar-refractivity contribution < 1.29 is 23.7 Å². The van der Waals surface area contributed by atoms with Crippen LogP contribution in [0.2, 0.25) is 0 Å². The van der Waals surface area contributed by atoms with Gasteiger partial charge in [-0.1, -0.05) is 15.9 Å². The van der Waals surface area contributed by atoms with E-state index in [9.17, 15) is 4.79 Å². The van der Waals surface area contributed by atoms with E-state index in [4.69, 9.17) is 18.9 Å². The highest BCUT2D eigenvalue weighted by Gasteiger charge is 2.50. The molecule has 2 aromatic carbocycles. The molecule has 2 heterocycles. The Morgan fingerprint density at radius 1 is 1.11 bits per heavy atom. The number of methoxy groups -OCH3 is 3. The van der Waals surface area contributed by atoms with Crippen LogP contribution in [0.15, 0.2) is 34.8 Å². The second-order valence-electron chi connectivity index (χ2n) is 6.88. The van der Waals surface area contributed by atoms with E-state index in [1.54, 1.807) is 38.4 Å². The van der Waals surface area contributed by atoms with Crippen LogP contribution < -0.4 is 29.2 Å². The largest absolute Gasteiger partial charge is 0.493 e. The number of ether oxygens (including phenoxy) is 4. The maximum absolute atomic E-state index is 13.0. The molecule has 148 valence electrons. The quantitative estimate of drug-likeness (QED) is 0.756. The minimum absolute atomic E-state index is 0.177. The number of hydrogen-bond acceptors (Lipinski definition) is 5. The molecule has 1 fully saturated rings. The molecule has 0 aromatic heterocycles. The first-order valence-corrected chi connectivity index (χ1v) is 9.58. The Hall–Kier alpha value is -2.61. The highest BCUT2D eigenvalue weighted by Crippen LogP contribution is 2.50. The molecular formula is C20H21BrN2O5. The fourth-order valence-electron chi connectivity index (χ4n) is 3.91. The molecule has 0 aliphatic carbocycles. The highest BCUT2D eigenvalue weighted by molar-refractivity contribution is 9.10. The number of urea groups is 1. The van der Waals surface area contributed by atoms with Gasteiger partial charge in [0.1, 0.15) is 0 Å². The van der Waals surface area contributed by atoms with E-state index in [-0.39, 0.29) is 12.1 Å². The zero-order valence-corrected chi connectivity index (χ0v) is 17.6. The van der Waals surface area contributed by atoms with E-state index in [2.05, 4.69) is 21.2 Å². The van der Waals surface area contributed by atoms with Crippen molar-refractivity contribution >= 4 is 27.6 Å². The molecule has 2 aliphatic heterocycles. The summed E-state index contributed by atoms with van der Waals surface area (Å²) in [6, 6.07) is 8.73. The summed E-state index contributed by atoms with van der Waals surface area (Å²) in [4.78, 5) is 14.6. The fourth-order valence-corrected chi connectivity index (χ4v) is 4.36. The third-order valence-corrected chi connectivity index (χ3v) is 5.61. The van der Waals surface area contributed by atoms with Gasteiger partial charge in [-0.15, -0.1) is 0 Å². The molecule has 0 saturated carbocycles. The van der Waals surface area contributed by atoms with Crippen LogP contribution >= 0.6 is 15.9 Å². The SMILES string of the molecule is COc1ccc(N2C(=O)NC3CC2(C)Oc2c(OC)cc(Br)cc23)cc1OC. The Kier molecular flexibility index (Phi) is 4.53. The second-order valence-corrected chi connectivity index (χ2v) is 7.80. The summed E-state index contributed by atoms with van der Waals surface area (Å²) in [5, 5.41) is 3.08. The van der Waals surface area contributed by atoms with Crippen molar-refractivity contribution in [2.75, 3.05) is 26.2 Å². The van der Waals surface area contributed by atoms with Crippen LogP contribution in [-0.4, -0.2) is 33.1 Å². The molecule has 2 unspecified atom stereocenters. The first-order valence-electron chi connectivity index (χ1n) is 8.79. The average Bonchev–Trinajstić information content (AvgIpc) is 2.67. The molecule has 0 spiro atoms. The van der Waals surface area contributed by atoms with Gasteiger partial charge < -0.3 is 24.3 Å². The lowest BCUT2D eigenvalue weighted by Gasteiger charge is -2.50. The molecule has 8 heteroatoms. The Labute approximate surface area is 171 Å². The molecule has 2 bridgehead atoms. The van der Waals surface area contributed by atoms with E-state index in [0.29, 0.717) is 35.1 Å². The lowest BCUT2D eigenvalue weighted by atomic mass is 9.90. The number of halogens is 1. The summed E-state index contributed by atoms with van der Waals surface area (Å²) in [5.74, 6) is 2.38. The molecule has 4 rings (SSSR count). The number of nitrogens with one attached hydrogen (secondary N) is 1. The predicted octanol–water partition coefficient (Wildman–Crippen LogP) is 4.24. The van der Waals surface area contributed by atoms with Crippen molar-refractivity contribution in [1.82, 2.24) is 5.32 Å². The monoisotopic (exact) mass is 448 g/mol. The third-order valence-electron chi connectivity index (χ3n) is 5.15. The van der Waals surface area contributed by atoms with Crippen molar-refractivity contribution in [3.8, 4) is 23.0 Å². The van der Waals surface area contributed by atoms with Crippen LogP contribution in [0.5, 0.6) is 23.0 Å². The number of fused-ring (bicyclic) bond motifs is 4. The summed E-state index contributed by atoms with van der Waals surface area (Å²) in [6.07, 6.45) is 0.583. The topological polar surface area (TPSA) is 69.3 Å². The first kappa shape index (κ1) is 18.7. The smallest absolute Gasteiger partial charge is 0.325 e. The van der Waals surface area contributed by atoms with Gasteiger partial charge in [0, 0.05) is 22.5 Å². The first-order chi connectivity index (χ1) is 13.4. The Morgan fingerprint density at radius 2 is 1.82 bits per heavy atom. The Morgan fingerprint density at radius 3 is 2.50 bits per heavy atom. The van der Waals surface area contributed by atoms with Gasteiger partial charge in [0.05, 0.1) is 33.1 Å². The minimum atomic E-state index is -0.888. The molecule has 28 heavy (non-hydrogen) atoms. The van der Waals surface area contributed by atoms with Gasteiger partial charge in [-0.2, -0.15) is 0 Å². The molecule has 2 amide bonds. The Balaban J connectivity index is 1.81. The molecule has 2 aromatic rings. The minimum Gasteiger partial charge on any atom is -0.493 e. The number of carbonyl (C=O) groups is 1. The van der Waals surface area contributed by atoms with E-state index in [1.807, 2.05) is 25.1 Å². The van der Waals surface area contributed by atoms with Crippen LogP contribution in [0.1, 0.15) is 24.9 Å². The van der Waals surface area contributed by atoms with Crippen molar-refractivity contribution in [3.05, 3.63) is 40.4 Å². The molecule has 1 saturated heterocycles.